The van der Waals surface area contributed by atoms with Crippen molar-refractivity contribution in [1.82, 2.24) is 0 Å². The predicted octanol–water partition coefficient (Wildman–Crippen LogP) is 1.83. The summed E-state index contributed by atoms with van der Waals surface area (Å²) in [6, 6.07) is 5.49. The highest BCUT2D eigenvalue weighted by Gasteiger charge is 2.20. The van der Waals surface area contributed by atoms with Gasteiger partial charge in [-0.25, -0.2) is 0 Å². The van der Waals surface area contributed by atoms with Gasteiger partial charge in [0.1, 0.15) is 11.5 Å². The lowest BCUT2D eigenvalue weighted by atomic mass is 9.92. The molecule has 0 aliphatic rings. The Bertz CT molecular complexity index is 372. The van der Waals surface area contributed by atoms with E-state index in [9.17, 15) is 0 Å². The number of benzene rings is 1. The first kappa shape index (κ1) is 13.8. The molecule has 0 bridgehead atoms. The van der Waals surface area contributed by atoms with Gasteiger partial charge in [0.15, 0.2) is 0 Å². The maximum atomic E-state index is 6.15. The largest absolute Gasteiger partial charge is 0.497 e. The maximum absolute atomic E-state index is 6.15. The molecular weight excluding hydrogens is 216 g/mol. The molecule has 0 radical (unpaired) electrons. The molecule has 1 aromatic rings. The summed E-state index contributed by atoms with van der Waals surface area (Å²) in [6.07, 6.45) is 0.690. The van der Waals surface area contributed by atoms with E-state index in [-0.39, 0.29) is 11.6 Å². The van der Waals surface area contributed by atoms with Crippen molar-refractivity contribution in [2.45, 2.75) is 31.8 Å². The first-order valence-corrected chi connectivity index (χ1v) is 5.64. The van der Waals surface area contributed by atoms with Crippen LogP contribution >= 0.6 is 0 Å². The van der Waals surface area contributed by atoms with E-state index in [4.69, 9.17) is 20.9 Å². The van der Waals surface area contributed by atoms with Gasteiger partial charge in [-0.3, -0.25) is 0 Å². The molecule has 0 aliphatic heterocycles. The topological polar surface area (TPSA) is 70.5 Å². The minimum absolute atomic E-state index is 0.143. The number of hydrogen-bond acceptors (Lipinski definition) is 4. The van der Waals surface area contributed by atoms with Gasteiger partial charge >= 0.3 is 0 Å². The Balaban J connectivity index is 2.96. The zero-order valence-corrected chi connectivity index (χ0v) is 11.0. The molecule has 1 rings (SSSR count). The van der Waals surface area contributed by atoms with Crippen LogP contribution in [-0.2, 0) is 0 Å². The molecule has 0 saturated carbocycles. The number of nitrogens with two attached hydrogens (primary N) is 2. The summed E-state index contributed by atoms with van der Waals surface area (Å²) in [5.74, 6) is 1.49. The number of methoxy groups -OCH3 is 2. The Hall–Kier alpha value is -1.26. The highest BCUT2D eigenvalue weighted by Crippen LogP contribution is 2.31. The molecule has 1 atom stereocenters. The molecule has 0 amide bonds. The maximum Gasteiger partial charge on any atom is 0.127 e. The number of rotatable bonds is 5. The van der Waals surface area contributed by atoms with Crippen LogP contribution in [0.4, 0.5) is 0 Å². The molecule has 17 heavy (non-hydrogen) atoms. The Kier molecular flexibility index (Phi) is 4.37. The van der Waals surface area contributed by atoms with Crippen molar-refractivity contribution in [3.63, 3.8) is 0 Å². The van der Waals surface area contributed by atoms with Crippen molar-refractivity contribution in [3.8, 4) is 11.5 Å². The van der Waals surface area contributed by atoms with E-state index in [1.165, 1.54) is 0 Å². The van der Waals surface area contributed by atoms with Gasteiger partial charge in [0.25, 0.3) is 0 Å². The van der Waals surface area contributed by atoms with Crippen molar-refractivity contribution in [3.05, 3.63) is 23.8 Å². The number of ether oxygens (including phenoxy) is 2. The normalized spacial score (nSPS) is 13.3. The van der Waals surface area contributed by atoms with E-state index in [0.29, 0.717) is 6.42 Å². The smallest absolute Gasteiger partial charge is 0.127 e. The molecule has 4 nitrogen and oxygen atoms in total. The van der Waals surface area contributed by atoms with Gasteiger partial charge in [-0.05, 0) is 26.3 Å². The third kappa shape index (κ3) is 3.91. The summed E-state index contributed by atoms with van der Waals surface area (Å²) in [4.78, 5) is 0. The van der Waals surface area contributed by atoms with Gasteiger partial charge < -0.3 is 20.9 Å². The minimum Gasteiger partial charge on any atom is -0.497 e. The standard InChI is InChI=1S/C13H22N2O2/c1-13(2,15)8-11(14)10-6-5-9(16-3)7-12(10)17-4/h5-7,11H,8,14-15H2,1-4H3. The molecule has 4 heteroatoms. The summed E-state index contributed by atoms with van der Waals surface area (Å²) >= 11 is 0. The number of hydrogen-bond donors (Lipinski definition) is 2. The van der Waals surface area contributed by atoms with Crippen LogP contribution in [0.1, 0.15) is 31.9 Å². The van der Waals surface area contributed by atoms with E-state index < -0.39 is 0 Å². The Morgan fingerprint density at radius 2 is 1.88 bits per heavy atom. The highest BCUT2D eigenvalue weighted by atomic mass is 16.5. The fourth-order valence-corrected chi connectivity index (χ4v) is 1.80. The Morgan fingerprint density at radius 1 is 1.24 bits per heavy atom. The second-order valence-corrected chi connectivity index (χ2v) is 4.91. The lowest BCUT2D eigenvalue weighted by Gasteiger charge is -2.24. The van der Waals surface area contributed by atoms with Gasteiger partial charge in [-0.1, -0.05) is 6.07 Å². The zero-order valence-electron chi connectivity index (χ0n) is 11.0. The zero-order chi connectivity index (χ0) is 13.1. The van der Waals surface area contributed by atoms with E-state index in [0.717, 1.165) is 17.1 Å². The Morgan fingerprint density at radius 3 is 2.35 bits per heavy atom. The van der Waals surface area contributed by atoms with Crippen molar-refractivity contribution in [1.29, 1.82) is 0 Å². The third-order valence-corrected chi connectivity index (χ3v) is 2.59. The summed E-state index contributed by atoms with van der Waals surface area (Å²) in [5, 5.41) is 0. The average Bonchev–Trinajstić information content (AvgIpc) is 2.25. The van der Waals surface area contributed by atoms with Crippen molar-refractivity contribution in [2.24, 2.45) is 11.5 Å². The first-order chi connectivity index (χ1) is 7.87. The highest BCUT2D eigenvalue weighted by molar-refractivity contribution is 5.42. The van der Waals surface area contributed by atoms with Gasteiger partial charge in [0.2, 0.25) is 0 Å². The van der Waals surface area contributed by atoms with E-state index in [2.05, 4.69) is 0 Å². The minimum atomic E-state index is -0.301. The van der Waals surface area contributed by atoms with Crippen LogP contribution < -0.4 is 20.9 Å². The molecule has 0 saturated heterocycles. The molecule has 0 spiro atoms. The van der Waals surface area contributed by atoms with Crippen molar-refractivity contribution in [2.75, 3.05) is 14.2 Å². The van der Waals surface area contributed by atoms with Crippen molar-refractivity contribution >= 4 is 0 Å². The molecular formula is C13H22N2O2. The van der Waals surface area contributed by atoms with Crippen LogP contribution in [0.5, 0.6) is 11.5 Å². The average molecular weight is 238 g/mol. The monoisotopic (exact) mass is 238 g/mol. The summed E-state index contributed by atoms with van der Waals surface area (Å²) < 4.78 is 10.5. The van der Waals surface area contributed by atoms with E-state index in [1.807, 2.05) is 32.0 Å². The molecule has 0 aromatic heterocycles. The fourth-order valence-electron chi connectivity index (χ4n) is 1.80. The molecule has 96 valence electrons. The van der Waals surface area contributed by atoms with Gasteiger partial charge in [-0.2, -0.15) is 0 Å². The second kappa shape index (κ2) is 5.38. The van der Waals surface area contributed by atoms with Crippen LogP contribution in [0, 0.1) is 0 Å². The van der Waals surface area contributed by atoms with Crippen LogP contribution in [0.3, 0.4) is 0 Å². The van der Waals surface area contributed by atoms with Crippen LogP contribution in [0.2, 0.25) is 0 Å². The molecule has 1 aromatic carbocycles. The van der Waals surface area contributed by atoms with Gasteiger partial charge in [0.05, 0.1) is 14.2 Å². The fraction of sp³-hybridized carbons (Fsp3) is 0.538. The molecule has 0 fully saturated rings. The van der Waals surface area contributed by atoms with Crippen LogP contribution in [0.25, 0.3) is 0 Å². The van der Waals surface area contributed by atoms with E-state index >= 15 is 0 Å². The molecule has 4 N–H and O–H groups in total. The summed E-state index contributed by atoms with van der Waals surface area (Å²) in [7, 11) is 3.25. The Labute approximate surface area is 103 Å². The second-order valence-electron chi connectivity index (χ2n) is 4.91. The summed E-state index contributed by atoms with van der Waals surface area (Å²) in [5.41, 5.74) is 12.8. The first-order valence-electron chi connectivity index (χ1n) is 5.64. The third-order valence-electron chi connectivity index (χ3n) is 2.59. The van der Waals surface area contributed by atoms with Crippen LogP contribution in [0.15, 0.2) is 18.2 Å². The lowest BCUT2D eigenvalue weighted by molar-refractivity contribution is 0.378. The van der Waals surface area contributed by atoms with Crippen LogP contribution in [-0.4, -0.2) is 19.8 Å². The molecule has 0 heterocycles. The quantitative estimate of drug-likeness (QED) is 0.821. The van der Waals surface area contributed by atoms with Crippen molar-refractivity contribution < 1.29 is 9.47 Å². The van der Waals surface area contributed by atoms with E-state index in [1.54, 1.807) is 14.2 Å². The lowest BCUT2D eigenvalue weighted by Crippen LogP contribution is -2.36. The molecule has 1 unspecified atom stereocenters. The predicted molar refractivity (Wildman–Crippen MR) is 69.4 cm³/mol. The summed E-state index contributed by atoms with van der Waals surface area (Å²) in [6.45, 7) is 3.92. The SMILES string of the molecule is COc1ccc(C(N)CC(C)(C)N)c(OC)c1. The van der Waals surface area contributed by atoms with Gasteiger partial charge in [0, 0.05) is 23.2 Å². The molecule has 0 aliphatic carbocycles. The van der Waals surface area contributed by atoms with Gasteiger partial charge in [-0.15, -0.1) is 0 Å².